The van der Waals surface area contributed by atoms with Gasteiger partial charge in [-0.25, -0.2) is 8.78 Å². The molecule has 6 heteroatoms. The molecule has 0 aliphatic rings. The van der Waals surface area contributed by atoms with Gasteiger partial charge in [0.1, 0.15) is 11.6 Å². The van der Waals surface area contributed by atoms with Crippen molar-refractivity contribution in [2.45, 2.75) is 33.4 Å². The third kappa shape index (κ3) is 3.67. The van der Waals surface area contributed by atoms with Gasteiger partial charge in [0.15, 0.2) is 11.2 Å². The van der Waals surface area contributed by atoms with E-state index in [1.54, 1.807) is 36.3 Å². The molecule has 1 aromatic heterocycles. The van der Waals surface area contributed by atoms with Gasteiger partial charge in [0.05, 0.1) is 16.8 Å². The highest BCUT2D eigenvalue weighted by Gasteiger charge is 2.18. The number of ketones is 1. The van der Waals surface area contributed by atoms with E-state index in [1.165, 1.54) is 25.1 Å². The minimum Gasteiger partial charge on any atom is -0.368 e. The molecule has 0 aliphatic carbocycles. The third-order valence-corrected chi connectivity index (χ3v) is 4.78. The lowest BCUT2D eigenvalue weighted by atomic mass is 10.1. The number of anilines is 1. The van der Waals surface area contributed by atoms with E-state index in [2.05, 4.69) is 0 Å². The van der Waals surface area contributed by atoms with Crippen molar-refractivity contribution in [1.82, 2.24) is 4.57 Å². The fourth-order valence-electron chi connectivity index (χ4n) is 3.28. The van der Waals surface area contributed by atoms with Crippen molar-refractivity contribution in [3.8, 4) is 0 Å². The van der Waals surface area contributed by atoms with Gasteiger partial charge in [0.25, 0.3) is 0 Å². The Bertz CT molecular complexity index is 1100. The number of rotatable bonds is 5. The van der Waals surface area contributed by atoms with Crippen LogP contribution in [0.5, 0.6) is 0 Å². The molecule has 0 saturated heterocycles. The van der Waals surface area contributed by atoms with Gasteiger partial charge < -0.3 is 9.47 Å². The van der Waals surface area contributed by atoms with E-state index in [9.17, 15) is 18.4 Å². The minimum atomic E-state index is -0.551. The van der Waals surface area contributed by atoms with Crippen LogP contribution in [0.25, 0.3) is 10.9 Å². The van der Waals surface area contributed by atoms with Gasteiger partial charge in [-0.05, 0) is 50.6 Å². The number of pyridine rings is 1. The van der Waals surface area contributed by atoms with Crippen LogP contribution in [0.1, 0.15) is 42.7 Å². The molecular weight excluding hydrogens is 362 g/mol. The Kier molecular flexibility index (Phi) is 5.31. The standard InChI is InChI=1S/C22H22F2N2O2/c1-13(2)26-12-18(14(3)27)22(28)17-9-19(24)21(10-20(17)26)25(4)11-15-5-7-16(23)8-6-15/h5-10,12-13H,11H2,1-4H3. The van der Waals surface area contributed by atoms with Crippen molar-refractivity contribution in [2.75, 3.05) is 11.9 Å². The molecule has 0 radical (unpaired) electrons. The van der Waals surface area contributed by atoms with E-state index < -0.39 is 11.2 Å². The summed E-state index contributed by atoms with van der Waals surface area (Å²) in [4.78, 5) is 26.2. The lowest BCUT2D eigenvalue weighted by Gasteiger charge is -2.23. The molecule has 0 amide bonds. The first-order chi connectivity index (χ1) is 13.2. The molecule has 0 aliphatic heterocycles. The smallest absolute Gasteiger partial charge is 0.200 e. The van der Waals surface area contributed by atoms with E-state index in [4.69, 9.17) is 0 Å². The van der Waals surface area contributed by atoms with Gasteiger partial charge in [-0.3, -0.25) is 9.59 Å². The van der Waals surface area contributed by atoms with E-state index in [1.807, 2.05) is 18.4 Å². The molecule has 0 N–H and O–H groups in total. The Balaban J connectivity index is 2.14. The SMILES string of the molecule is CC(=O)c1cn(C(C)C)c2cc(N(C)Cc3ccc(F)cc3)c(F)cc2c1=O. The molecular formula is C22H22F2N2O2. The van der Waals surface area contributed by atoms with E-state index in [0.717, 1.165) is 5.56 Å². The number of halogens is 2. The summed E-state index contributed by atoms with van der Waals surface area (Å²) < 4.78 is 29.8. The second kappa shape index (κ2) is 7.54. The summed E-state index contributed by atoms with van der Waals surface area (Å²) in [5.41, 5.74) is 1.30. The number of aromatic nitrogens is 1. The average molecular weight is 384 g/mol. The van der Waals surface area contributed by atoms with Gasteiger partial charge in [-0.1, -0.05) is 12.1 Å². The zero-order valence-electron chi connectivity index (χ0n) is 16.3. The molecule has 0 atom stereocenters. The van der Waals surface area contributed by atoms with Crippen molar-refractivity contribution in [1.29, 1.82) is 0 Å². The van der Waals surface area contributed by atoms with E-state index in [0.29, 0.717) is 17.7 Å². The minimum absolute atomic E-state index is 0.0260. The highest BCUT2D eigenvalue weighted by atomic mass is 19.1. The van der Waals surface area contributed by atoms with Crippen LogP contribution >= 0.6 is 0 Å². The number of benzene rings is 2. The molecule has 3 aromatic rings. The van der Waals surface area contributed by atoms with Crippen LogP contribution in [0.2, 0.25) is 0 Å². The second-order valence-electron chi connectivity index (χ2n) is 7.23. The average Bonchev–Trinajstić information content (AvgIpc) is 2.63. The Morgan fingerprint density at radius 2 is 1.79 bits per heavy atom. The number of carbonyl (C=O) groups is 1. The topological polar surface area (TPSA) is 42.3 Å². The zero-order chi connectivity index (χ0) is 20.6. The van der Waals surface area contributed by atoms with Crippen LogP contribution in [-0.2, 0) is 6.54 Å². The van der Waals surface area contributed by atoms with Crippen LogP contribution in [0, 0.1) is 11.6 Å². The van der Waals surface area contributed by atoms with Gasteiger partial charge in [0.2, 0.25) is 0 Å². The number of carbonyl (C=O) groups excluding carboxylic acids is 1. The van der Waals surface area contributed by atoms with Gasteiger partial charge >= 0.3 is 0 Å². The molecule has 0 fully saturated rings. The maximum absolute atomic E-state index is 14.8. The molecule has 0 unspecified atom stereocenters. The molecule has 3 rings (SSSR count). The highest BCUT2D eigenvalue weighted by Crippen LogP contribution is 2.27. The summed E-state index contributed by atoms with van der Waals surface area (Å²) in [7, 11) is 1.73. The summed E-state index contributed by atoms with van der Waals surface area (Å²) in [5.74, 6) is -1.23. The van der Waals surface area contributed by atoms with Crippen LogP contribution in [0.4, 0.5) is 14.5 Å². The summed E-state index contributed by atoms with van der Waals surface area (Å²) in [6.45, 7) is 5.56. The summed E-state index contributed by atoms with van der Waals surface area (Å²) in [6.07, 6.45) is 1.54. The van der Waals surface area contributed by atoms with Gasteiger partial charge in [-0.2, -0.15) is 0 Å². The third-order valence-electron chi connectivity index (χ3n) is 4.78. The monoisotopic (exact) mass is 384 g/mol. The predicted molar refractivity (Wildman–Crippen MR) is 107 cm³/mol. The number of Topliss-reactive ketones (excluding diaryl/α,β-unsaturated/α-hetero) is 1. The van der Waals surface area contributed by atoms with Crippen molar-refractivity contribution in [3.63, 3.8) is 0 Å². The molecule has 0 spiro atoms. The number of fused-ring (bicyclic) bond motifs is 1. The maximum atomic E-state index is 14.8. The Labute approximate surface area is 162 Å². The Morgan fingerprint density at radius 1 is 1.14 bits per heavy atom. The van der Waals surface area contributed by atoms with Crippen LogP contribution in [0.15, 0.2) is 47.4 Å². The fraction of sp³-hybridized carbons (Fsp3) is 0.273. The summed E-state index contributed by atoms with van der Waals surface area (Å²) in [5, 5.41) is 0.179. The summed E-state index contributed by atoms with van der Waals surface area (Å²) >= 11 is 0. The molecule has 146 valence electrons. The first-order valence-electron chi connectivity index (χ1n) is 9.04. The van der Waals surface area contributed by atoms with Gasteiger partial charge in [0, 0.05) is 31.2 Å². The molecule has 0 bridgehead atoms. The summed E-state index contributed by atoms with van der Waals surface area (Å²) in [6, 6.07) is 8.81. The largest absolute Gasteiger partial charge is 0.368 e. The molecule has 4 nitrogen and oxygen atoms in total. The Morgan fingerprint density at radius 3 is 2.36 bits per heavy atom. The van der Waals surface area contributed by atoms with Crippen LogP contribution in [-0.4, -0.2) is 17.4 Å². The van der Waals surface area contributed by atoms with E-state index >= 15 is 0 Å². The zero-order valence-corrected chi connectivity index (χ0v) is 16.3. The molecule has 0 saturated carbocycles. The van der Waals surface area contributed by atoms with Crippen molar-refractivity contribution in [2.24, 2.45) is 0 Å². The predicted octanol–water partition coefficient (Wildman–Crippen LogP) is 4.70. The lowest BCUT2D eigenvalue weighted by Crippen LogP contribution is -2.21. The number of hydrogen-bond donors (Lipinski definition) is 0. The molecule has 28 heavy (non-hydrogen) atoms. The number of nitrogens with zero attached hydrogens (tertiary/aromatic N) is 2. The van der Waals surface area contributed by atoms with Crippen molar-refractivity contribution < 1.29 is 13.6 Å². The fourth-order valence-corrected chi connectivity index (χ4v) is 3.28. The number of hydrogen-bond acceptors (Lipinski definition) is 3. The van der Waals surface area contributed by atoms with Crippen molar-refractivity contribution in [3.05, 3.63) is 75.6 Å². The first kappa shape index (κ1) is 19.7. The Hall–Kier alpha value is -3.02. The van der Waals surface area contributed by atoms with E-state index in [-0.39, 0.29) is 28.6 Å². The van der Waals surface area contributed by atoms with Crippen LogP contribution in [0.3, 0.4) is 0 Å². The van der Waals surface area contributed by atoms with Crippen LogP contribution < -0.4 is 10.3 Å². The second-order valence-corrected chi connectivity index (χ2v) is 7.23. The van der Waals surface area contributed by atoms with Crippen molar-refractivity contribution >= 4 is 22.4 Å². The quantitative estimate of drug-likeness (QED) is 0.599. The first-order valence-corrected chi connectivity index (χ1v) is 9.04. The van der Waals surface area contributed by atoms with Gasteiger partial charge in [-0.15, -0.1) is 0 Å². The normalized spacial score (nSPS) is 11.2. The lowest BCUT2D eigenvalue weighted by molar-refractivity contribution is 0.101. The highest BCUT2D eigenvalue weighted by molar-refractivity contribution is 5.97. The molecule has 2 aromatic carbocycles. The molecule has 1 heterocycles. The maximum Gasteiger partial charge on any atom is 0.200 e.